The standard InChI is InChI=1S/C14H20ClF/c1-3-6-11(2)9-12(10-15)13-7-4-5-8-14(13)16/h4-5,7-8,11-12H,3,6,9-10H2,1-2H3. The van der Waals surface area contributed by atoms with Crippen LogP contribution in [-0.4, -0.2) is 5.88 Å². The topological polar surface area (TPSA) is 0 Å². The molecule has 2 unspecified atom stereocenters. The molecule has 0 amide bonds. The van der Waals surface area contributed by atoms with Crippen LogP contribution in [-0.2, 0) is 0 Å². The first-order chi connectivity index (χ1) is 7.69. The summed E-state index contributed by atoms with van der Waals surface area (Å²) in [4.78, 5) is 0. The van der Waals surface area contributed by atoms with Crippen LogP contribution in [0.15, 0.2) is 24.3 Å². The number of rotatable bonds is 6. The van der Waals surface area contributed by atoms with Gasteiger partial charge in [-0.2, -0.15) is 0 Å². The molecule has 1 rings (SSSR count). The SMILES string of the molecule is CCCC(C)CC(CCl)c1ccccc1F. The fourth-order valence-electron chi connectivity index (χ4n) is 2.18. The maximum atomic E-state index is 13.6. The molecule has 0 nitrogen and oxygen atoms in total. The second-order valence-electron chi connectivity index (χ2n) is 4.50. The summed E-state index contributed by atoms with van der Waals surface area (Å²) in [6.45, 7) is 4.39. The van der Waals surface area contributed by atoms with Gasteiger partial charge in [0.05, 0.1) is 0 Å². The van der Waals surface area contributed by atoms with Crippen LogP contribution >= 0.6 is 11.6 Å². The van der Waals surface area contributed by atoms with E-state index in [2.05, 4.69) is 13.8 Å². The first kappa shape index (κ1) is 13.5. The largest absolute Gasteiger partial charge is 0.207 e. The first-order valence-corrected chi connectivity index (χ1v) is 6.52. The van der Waals surface area contributed by atoms with Gasteiger partial charge >= 0.3 is 0 Å². The van der Waals surface area contributed by atoms with Gasteiger partial charge in [0.1, 0.15) is 5.82 Å². The average molecular weight is 243 g/mol. The van der Waals surface area contributed by atoms with Gasteiger partial charge in [-0.25, -0.2) is 4.39 Å². The minimum atomic E-state index is -0.128. The summed E-state index contributed by atoms with van der Waals surface area (Å²) in [6, 6.07) is 6.96. The van der Waals surface area contributed by atoms with E-state index in [-0.39, 0.29) is 11.7 Å². The van der Waals surface area contributed by atoms with Crippen molar-refractivity contribution in [3.05, 3.63) is 35.6 Å². The molecule has 0 N–H and O–H groups in total. The van der Waals surface area contributed by atoms with E-state index in [1.807, 2.05) is 12.1 Å². The predicted octanol–water partition coefficient (Wildman–Crippen LogP) is 4.97. The quantitative estimate of drug-likeness (QED) is 0.618. The molecule has 2 heteroatoms. The van der Waals surface area contributed by atoms with Crippen LogP contribution in [0, 0.1) is 11.7 Å². The van der Waals surface area contributed by atoms with Gasteiger partial charge in [-0.3, -0.25) is 0 Å². The summed E-state index contributed by atoms with van der Waals surface area (Å²) in [5, 5.41) is 0. The van der Waals surface area contributed by atoms with E-state index in [1.165, 1.54) is 18.9 Å². The van der Waals surface area contributed by atoms with E-state index < -0.39 is 0 Å². The fourth-order valence-corrected chi connectivity index (χ4v) is 2.47. The molecule has 0 heterocycles. The van der Waals surface area contributed by atoms with E-state index in [9.17, 15) is 4.39 Å². The van der Waals surface area contributed by atoms with Crippen LogP contribution in [0.1, 0.15) is 44.6 Å². The molecule has 1 aromatic carbocycles. The minimum absolute atomic E-state index is 0.128. The average Bonchev–Trinajstić information content (AvgIpc) is 2.27. The van der Waals surface area contributed by atoms with E-state index >= 15 is 0 Å². The molecule has 0 saturated heterocycles. The van der Waals surface area contributed by atoms with Crippen molar-refractivity contribution >= 4 is 11.6 Å². The van der Waals surface area contributed by atoms with E-state index in [1.54, 1.807) is 6.07 Å². The van der Waals surface area contributed by atoms with Crippen LogP contribution in [0.3, 0.4) is 0 Å². The molecule has 0 aliphatic heterocycles. The van der Waals surface area contributed by atoms with Crippen molar-refractivity contribution in [1.29, 1.82) is 0 Å². The lowest BCUT2D eigenvalue weighted by atomic mass is 9.88. The Morgan fingerprint density at radius 3 is 2.56 bits per heavy atom. The van der Waals surface area contributed by atoms with Crippen molar-refractivity contribution < 1.29 is 4.39 Å². The van der Waals surface area contributed by atoms with Crippen molar-refractivity contribution in [3.8, 4) is 0 Å². The molecular weight excluding hydrogens is 223 g/mol. The maximum Gasteiger partial charge on any atom is 0.126 e. The van der Waals surface area contributed by atoms with Gasteiger partial charge in [-0.15, -0.1) is 11.6 Å². The van der Waals surface area contributed by atoms with E-state index in [4.69, 9.17) is 11.6 Å². The molecule has 2 atom stereocenters. The van der Waals surface area contributed by atoms with Gasteiger partial charge < -0.3 is 0 Å². The second-order valence-corrected chi connectivity index (χ2v) is 4.81. The van der Waals surface area contributed by atoms with Gasteiger partial charge in [-0.1, -0.05) is 44.9 Å². The molecule has 90 valence electrons. The Bertz CT molecular complexity index is 311. The normalized spacial score (nSPS) is 14.8. The molecule has 0 radical (unpaired) electrons. The Morgan fingerprint density at radius 2 is 2.00 bits per heavy atom. The third-order valence-corrected chi connectivity index (χ3v) is 3.37. The highest BCUT2D eigenvalue weighted by Crippen LogP contribution is 2.28. The Kier molecular flexibility index (Phi) is 5.83. The number of benzene rings is 1. The Hall–Kier alpha value is -0.560. The highest BCUT2D eigenvalue weighted by Gasteiger charge is 2.17. The smallest absolute Gasteiger partial charge is 0.126 e. The monoisotopic (exact) mass is 242 g/mol. The summed E-state index contributed by atoms with van der Waals surface area (Å²) in [5.41, 5.74) is 0.764. The number of hydrogen-bond acceptors (Lipinski definition) is 0. The zero-order valence-electron chi connectivity index (χ0n) is 10.0. The van der Waals surface area contributed by atoms with Crippen LogP contribution < -0.4 is 0 Å². The maximum absolute atomic E-state index is 13.6. The lowest BCUT2D eigenvalue weighted by Crippen LogP contribution is -2.08. The Balaban J connectivity index is 2.71. The Morgan fingerprint density at radius 1 is 1.31 bits per heavy atom. The first-order valence-electron chi connectivity index (χ1n) is 5.99. The summed E-state index contributed by atoms with van der Waals surface area (Å²) in [5.74, 6) is 1.12. The lowest BCUT2D eigenvalue weighted by Gasteiger charge is -2.19. The van der Waals surface area contributed by atoms with Crippen LogP contribution in [0.5, 0.6) is 0 Å². The van der Waals surface area contributed by atoms with Gasteiger partial charge in [0.15, 0.2) is 0 Å². The molecule has 0 aromatic heterocycles. The molecule has 0 spiro atoms. The Labute approximate surface area is 103 Å². The second kappa shape index (κ2) is 6.90. The molecule has 0 bridgehead atoms. The molecule has 0 aliphatic carbocycles. The summed E-state index contributed by atoms with van der Waals surface area (Å²) < 4.78 is 13.6. The molecule has 16 heavy (non-hydrogen) atoms. The van der Waals surface area contributed by atoms with Crippen LogP contribution in [0.25, 0.3) is 0 Å². The molecule has 1 aromatic rings. The number of hydrogen-bond donors (Lipinski definition) is 0. The third kappa shape index (κ3) is 3.79. The predicted molar refractivity (Wildman–Crippen MR) is 68.6 cm³/mol. The van der Waals surface area contributed by atoms with Gasteiger partial charge in [0.25, 0.3) is 0 Å². The fraction of sp³-hybridized carbons (Fsp3) is 0.571. The zero-order valence-corrected chi connectivity index (χ0v) is 10.8. The molecule has 0 aliphatic rings. The third-order valence-electron chi connectivity index (χ3n) is 3.00. The summed E-state index contributed by atoms with van der Waals surface area (Å²) in [7, 11) is 0. The zero-order chi connectivity index (χ0) is 12.0. The van der Waals surface area contributed by atoms with Crippen molar-refractivity contribution in [2.24, 2.45) is 5.92 Å². The minimum Gasteiger partial charge on any atom is -0.207 e. The molecule has 0 saturated carbocycles. The van der Waals surface area contributed by atoms with Crippen LogP contribution in [0.2, 0.25) is 0 Å². The van der Waals surface area contributed by atoms with Gasteiger partial charge in [0.2, 0.25) is 0 Å². The molecular formula is C14H20ClF. The van der Waals surface area contributed by atoms with Gasteiger partial charge in [0, 0.05) is 11.8 Å². The summed E-state index contributed by atoms with van der Waals surface area (Å²) >= 11 is 5.95. The summed E-state index contributed by atoms with van der Waals surface area (Å²) in [6.07, 6.45) is 3.33. The van der Waals surface area contributed by atoms with Crippen molar-refractivity contribution in [2.45, 2.75) is 39.0 Å². The van der Waals surface area contributed by atoms with Crippen molar-refractivity contribution in [2.75, 3.05) is 5.88 Å². The van der Waals surface area contributed by atoms with Crippen molar-refractivity contribution in [1.82, 2.24) is 0 Å². The number of alkyl halides is 1. The number of halogens is 2. The van der Waals surface area contributed by atoms with Gasteiger partial charge in [-0.05, 0) is 24.0 Å². The van der Waals surface area contributed by atoms with Crippen molar-refractivity contribution in [3.63, 3.8) is 0 Å². The van der Waals surface area contributed by atoms with E-state index in [0.29, 0.717) is 11.8 Å². The van der Waals surface area contributed by atoms with E-state index in [0.717, 1.165) is 12.0 Å². The highest BCUT2D eigenvalue weighted by atomic mass is 35.5. The molecule has 0 fully saturated rings. The lowest BCUT2D eigenvalue weighted by molar-refractivity contribution is 0.442. The van der Waals surface area contributed by atoms with Crippen LogP contribution in [0.4, 0.5) is 4.39 Å². The highest BCUT2D eigenvalue weighted by molar-refractivity contribution is 6.18.